The Labute approximate surface area is 363 Å². The maximum atomic E-state index is 6.09. The molecule has 2 saturated heterocycles. The van der Waals surface area contributed by atoms with Crippen LogP contribution in [0.5, 0.6) is 0 Å². The van der Waals surface area contributed by atoms with Crippen molar-refractivity contribution in [1.82, 2.24) is 30.6 Å². The number of hydrogen-bond acceptors (Lipinski definition) is 8. The van der Waals surface area contributed by atoms with E-state index in [9.17, 15) is 0 Å². The summed E-state index contributed by atoms with van der Waals surface area (Å²) in [5, 5.41) is 18.1. The molecular formula is C40H38Br2Cl2N10S2. The summed E-state index contributed by atoms with van der Waals surface area (Å²) >= 11 is 30.1. The molecule has 0 amide bonds. The zero-order valence-corrected chi connectivity index (χ0v) is 36.4. The molecule has 6 aromatic rings. The van der Waals surface area contributed by atoms with E-state index in [1.54, 1.807) is 12.7 Å². The molecule has 0 unspecified atom stereocenters. The minimum absolute atomic E-state index is 0.335. The van der Waals surface area contributed by atoms with Crippen molar-refractivity contribution < 1.29 is 0 Å². The van der Waals surface area contributed by atoms with Crippen molar-refractivity contribution in [2.45, 2.75) is 37.8 Å². The maximum absolute atomic E-state index is 6.09. The van der Waals surface area contributed by atoms with Gasteiger partial charge in [-0.25, -0.2) is 19.9 Å². The van der Waals surface area contributed by atoms with Gasteiger partial charge in [0.15, 0.2) is 10.2 Å². The van der Waals surface area contributed by atoms with E-state index >= 15 is 0 Å². The van der Waals surface area contributed by atoms with Gasteiger partial charge < -0.3 is 31.1 Å². The van der Waals surface area contributed by atoms with Crippen LogP contribution in [0.1, 0.15) is 25.7 Å². The summed E-state index contributed by atoms with van der Waals surface area (Å²) in [7, 11) is 0. The molecule has 10 nitrogen and oxygen atoms in total. The van der Waals surface area contributed by atoms with E-state index in [-0.39, 0.29) is 0 Å². The topological polar surface area (TPSA) is 106 Å². The van der Waals surface area contributed by atoms with Crippen molar-refractivity contribution >= 4 is 135 Å². The molecule has 0 atom stereocenters. The Morgan fingerprint density at radius 1 is 0.607 bits per heavy atom. The fourth-order valence-corrected chi connectivity index (χ4v) is 8.51. The summed E-state index contributed by atoms with van der Waals surface area (Å²) < 4.78 is 2.01. The monoisotopic (exact) mass is 950 g/mol. The van der Waals surface area contributed by atoms with E-state index in [0.29, 0.717) is 32.4 Å². The number of rotatable bonds is 6. The van der Waals surface area contributed by atoms with Gasteiger partial charge in [0.2, 0.25) is 0 Å². The van der Waals surface area contributed by atoms with Crippen LogP contribution in [0.25, 0.3) is 21.8 Å². The number of thiocarbonyl (C=S) groups is 2. The molecule has 2 aliphatic heterocycles. The van der Waals surface area contributed by atoms with Crippen molar-refractivity contribution in [3.63, 3.8) is 0 Å². The Bertz CT molecular complexity index is 2340. The van der Waals surface area contributed by atoms with Gasteiger partial charge in [0.1, 0.15) is 24.3 Å². The normalized spacial score (nSPS) is 14.9. The van der Waals surface area contributed by atoms with E-state index in [1.807, 2.05) is 84.9 Å². The van der Waals surface area contributed by atoms with Crippen LogP contribution in [0.4, 0.5) is 23.0 Å². The van der Waals surface area contributed by atoms with Crippen molar-refractivity contribution in [2.75, 3.05) is 46.6 Å². The van der Waals surface area contributed by atoms with Gasteiger partial charge in [-0.15, -0.1) is 0 Å². The molecule has 0 saturated carbocycles. The standard InChI is InChI=1S/2C20H19BrClN5S/c21-13-2-1-3-16(10-13)26-20(28)25-15-6-8-27(9-7-15)19-17-5-4-14(22)11-18(17)23-12-24-19;21-16-3-1-2-4-17(16)26-20(28)25-14-7-9-27(10-8-14)19-15-6-5-13(22)11-18(15)23-12-24-19/h1-5,10-12,15H,6-9H2,(H2,25,26,28);1-6,11-12,14H,7-10H2,(H2,25,26,28). The van der Waals surface area contributed by atoms with Crippen molar-refractivity contribution in [3.05, 3.63) is 117 Å². The second-order valence-corrected chi connectivity index (χ2v) is 16.9. The van der Waals surface area contributed by atoms with Crippen LogP contribution >= 0.6 is 79.5 Å². The molecule has 16 heteroatoms. The van der Waals surface area contributed by atoms with Crippen LogP contribution < -0.4 is 31.1 Å². The van der Waals surface area contributed by atoms with Gasteiger partial charge in [0.25, 0.3) is 0 Å². The van der Waals surface area contributed by atoms with Gasteiger partial charge in [-0.3, -0.25) is 0 Å². The lowest BCUT2D eigenvalue weighted by Gasteiger charge is -2.34. The molecule has 2 fully saturated rings. The number of anilines is 4. The third kappa shape index (κ3) is 10.5. The summed E-state index contributed by atoms with van der Waals surface area (Å²) in [6, 6.07) is 28.1. The zero-order chi connectivity index (χ0) is 39.0. The molecule has 4 N–H and O–H groups in total. The molecule has 0 spiro atoms. The van der Waals surface area contributed by atoms with E-state index in [2.05, 4.69) is 82.9 Å². The summed E-state index contributed by atoms with van der Waals surface area (Å²) in [4.78, 5) is 22.3. The fraction of sp³-hybridized carbons (Fsp3) is 0.250. The molecular weight excluding hydrogens is 915 g/mol. The highest BCUT2D eigenvalue weighted by Crippen LogP contribution is 2.29. The maximum Gasteiger partial charge on any atom is 0.171 e. The Balaban J connectivity index is 0.000000172. The van der Waals surface area contributed by atoms with Gasteiger partial charge >= 0.3 is 0 Å². The summed E-state index contributed by atoms with van der Waals surface area (Å²) in [6.45, 7) is 3.63. The number of aromatic nitrogens is 4. The lowest BCUT2D eigenvalue weighted by molar-refractivity contribution is 0.466. The van der Waals surface area contributed by atoms with Gasteiger partial charge in [-0.05, 0) is 133 Å². The van der Waals surface area contributed by atoms with Gasteiger partial charge in [0, 0.05) is 73.7 Å². The third-order valence-corrected chi connectivity index (χ3v) is 11.7. The molecule has 56 heavy (non-hydrogen) atoms. The van der Waals surface area contributed by atoms with Crippen LogP contribution in [0.2, 0.25) is 10.0 Å². The van der Waals surface area contributed by atoms with E-state index in [1.165, 1.54) is 0 Å². The Morgan fingerprint density at radius 2 is 1.12 bits per heavy atom. The van der Waals surface area contributed by atoms with Crippen LogP contribution in [0.3, 0.4) is 0 Å². The minimum atomic E-state index is 0.335. The van der Waals surface area contributed by atoms with Crippen LogP contribution in [-0.2, 0) is 0 Å². The van der Waals surface area contributed by atoms with Crippen molar-refractivity contribution in [2.24, 2.45) is 0 Å². The minimum Gasteiger partial charge on any atom is -0.360 e. The highest BCUT2D eigenvalue weighted by atomic mass is 79.9. The smallest absolute Gasteiger partial charge is 0.171 e. The molecule has 2 aromatic heterocycles. The molecule has 2 aliphatic rings. The molecule has 0 bridgehead atoms. The Morgan fingerprint density at radius 3 is 1.64 bits per heavy atom. The SMILES string of the molecule is S=C(Nc1cccc(Br)c1)NC1CCN(c2ncnc3cc(Cl)ccc23)CC1.S=C(Nc1ccccc1Br)NC1CCN(c2ncnc3cc(Cl)ccc23)CC1. The lowest BCUT2D eigenvalue weighted by atomic mass is 10.0. The van der Waals surface area contributed by atoms with E-state index in [4.69, 9.17) is 47.6 Å². The van der Waals surface area contributed by atoms with E-state index in [0.717, 1.165) is 106 Å². The number of fused-ring (bicyclic) bond motifs is 2. The van der Waals surface area contributed by atoms with Crippen LogP contribution in [0.15, 0.2) is 107 Å². The highest BCUT2D eigenvalue weighted by molar-refractivity contribution is 9.10. The predicted molar refractivity (Wildman–Crippen MR) is 247 cm³/mol. The average Bonchev–Trinajstić information content (AvgIpc) is 3.19. The quantitative estimate of drug-likeness (QED) is 0.120. The molecule has 0 aliphatic carbocycles. The number of nitrogens with zero attached hydrogens (tertiary/aromatic N) is 6. The van der Waals surface area contributed by atoms with Crippen LogP contribution in [-0.4, -0.2) is 68.4 Å². The second-order valence-electron chi connectivity index (χ2n) is 13.4. The number of hydrogen-bond donors (Lipinski definition) is 4. The summed E-state index contributed by atoms with van der Waals surface area (Å²) in [5.74, 6) is 1.93. The first-order valence-electron chi connectivity index (χ1n) is 18.1. The second kappa shape index (κ2) is 19.0. The van der Waals surface area contributed by atoms with Crippen LogP contribution in [0, 0.1) is 0 Å². The van der Waals surface area contributed by atoms with Crippen molar-refractivity contribution in [3.8, 4) is 0 Å². The van der Waals surface area contributed by atoms with Gasteiger partial charge in [-0.1, -0.05) is 57.3 Å². The van der Waals surface area contributed by atoms with Crippen molar-refractivity contribution in [1.29, 1.82) is 0 Å². The molecule has 288 valence electrons. The largest absolute Gasteiger partial charge is 0.360 e. The summed E-state index contributed by atoms with van der Waals surface area (Å²) in [5.41, 5.74) is 3.67. The summed E-state index contributed by atoms with van der Waals surface area (Å²) in [6.07, 6.45) is 7.15. The molecule has 0 radical (unpaired) electrons. The zero-order valence-electron chi connectivity index (χ0n) is 30.1. The number of benzene rings is 4. The first kappa shape index (κ1) is 40.3. The van der Waals surface area contributed by atoms with Gasteiger partial charge in [-0.2, -0.15) is 0 Å². The third-order valence-electron chi connectivity index (χ3n) is 9.62. The average molecular weight is 954 g/mol. The van der Waals surface area contributed by atoms with Gasteiger partial charge in [0.05, 0.1) is 16.7 Å². The first-order chi connectivity index (χ1) is 27.2. The fourth-order valence-electron chi connectivity index (χ4n) is 6.83. The molecule has 4 aromatic carbocycles. The number of nitrogens with one attached hydrogen (secondary N) is 4. The Hall–Kier alpha value is -3.92. The lowest BCUT2D eigenvalue weighted by Crippen LogP contribution is -2.46. The number of para-hydroxylation sites is 1. The predicted octanol–water partition coefficient (Wildman–Crippen LogP) is 10.0. The highest BCUT2D eigenvalue weighted by Gasteiger charge is 2.24. The number of halogens is 4. The molecule has 4 heterocycles. The van der Waals surface area contributed by atoms with E-state index < -0.39 is 0 Å². The Kier molecular flexibility index (Phi) is 13.7. The first-order valence-corrected chi connectivity index (χ1v) is 21.3. The number of piperidine rings is 2. The molecule has 8 rings (SSSR count).